The molecule has 1 aromatic heterocycles. The number of ether oxygens (including phenoxy) is 2. The van der Waals surface area contributed by atoms with Crippen molar-refractivity contribution >= 4 is 11.7 Å². The van der Waals surface area contributed by atoms with Crippen LogP contribution in [-0.4, -0.2) is 31.7 Å². The van der Waals surface area contributed by atoms with Gasteiger partial charge < -0.3 is 14.8 Å². The highest BCUT2D eigenvalue weighted by Crippen LogP contribution is 2.27. The van der Waals surface area contributed by atoms with Crippen molar-refractivity contribution in [2.75, 3.05) is 26.1 Å². The fourth-order valence-corrected chi connectivity index (χ4v) is 1.29. The number of rotatable bonds is 5. The van der Waals surface area contributed by atoms with Crippen LogP contribution in [0.1, 0.15) is 23.7 Å². The van der Waals surface area contributed by atoms with Gasteiger partial charge in [0, 0.05) is 12.7 Å². The molecule has 1 rings (SSSR count). The molecule has 5 heteroatoms. The fraction of sp³-hybridized carbons (Fsp3) is 0.455. The van der Waals surface area contributed by atoms with Gasteiger partial charge in [0.15, 0.2) is 5.75 Å². The molecule has 5 nitrogen and oxygen atoms in total. The Morgan fingerprint density at radius 1 is 1.44 bits per heavy atom. The van der Waals surface area contributed by atoms with E-state index in [2.05, 4.69) is 15.0 Å². The molecule has 0 saturated carbocycles. The molecule has 1 N–H and O–H groups in total. The van der Waals surface area contributed by atoms with Crippen LogP contribution in [0.3, 0.4) is 0 Å². The second-order valence-electron chi connectivity index (χ2n) is 3.18. The quantitative estimate of drug-likeness (QED) is 0.771. The zero-order valence-corrected chi connectivity index (χ0v) is 9.74. The lowest BCUT2D eigenvalue weighted by atomic mass is 10.2. The Balaban J connectivity index is 3.09. The highest BCUT2D eigenvalue weighted by atomic mass is 16.5. The molecular weight excluding hydrogens is 208 g/mol. The predicted octanol–water partition coefficient (Wildman–Crippen LogP) is 1.70. The van der Waals surface area contributed by atoms with Crippen molar-refractivity contribution in [3.63, 3.8) is 0 Å². The molecule has 0 aliphatic carbocycles. The zero-order valence-electron chi connectivity index (χ0n) is 9.74. The first-order chi connectivity index (χ1) is 7.74. The minimum Gasteiger partial charge on any atom is -0.493 e. The van der Waals surface area contributed by atoms with Crippen LogP contribution in [0.25, 0.3) is 0 Å². The number of esters is 1. The topological polar surface area (TPSA) is 60.5 Å². The molecule has 0 aliphatic rings. The molecule has 0 radical (unpaired) electrons. The van der Waals surface area contributed by atoms with Gasteiger partial charge in [-0.05, 0) is 6.42 Å². The summed E-state index contributed by atoms with van der Waals surface area (Å²) in [6, 6.07) is 0. The summed E-state index contributed by atoms with van der Waals surface area (Å²) in [7, 11) is 2.88. The normalized spacial score (nSPS) is 9.69. The van der Waals surface area contributed by atoms with Crippen LogP contribution in [-0.2, 0) is 4.74 Å². The second-order valence-corrected chi connectivity index (χ2v) is 3.18. The van der Waals surface area contributed by atoms with Gasteiger partial charge in [0.05, 0.1) is 26.1 Å². The van der Waals surface area contributed by atoms with Crippen LogP contribution in [0.5, 0.6) is 5.75 Å². The summed E-state index contributed by atoms with van der Waals surface area (Å²) in [6.45, 7) is 2.79. The maximum atomic E-state index is 11.5. The molecule has 0 amide bonds. The minimum absolute atomic E-state index is 0.385. The highest BCUT2D eigenvalue weighted by molar-refractivity contribution is 5.96. The number of nitrogens with one attached hydrogen (secondary N) is 1. The molecule has 0 aliphatic heterocycles. The van der Waals surface area contributed by atoms with E-state index in [-0.39, 0.29) is 0 Å². The largest absolute Gasteiger partial charge is 0.493 e. The molecule has 0 saturated heterocycles. The van der Waals surface area contributed by atoms with Crippen LogP contribution in [0.4, 0.5) is 5.69 Å². The van der Waals surface area contributed by atoms with Gasteiger partial charge in [0.1, 0.15) is 5.56 Å². The number of hydrogen-bond acceptors (Lipinski definition) is 5. The van der Waals surface area contributed by atoms with Crippen molar-refractivity contribution in [3.8, 4) is 5.75 Å². The van der Waals surface area contributed by atoms with Crippen molar-refractivity contribution in [2.45, 2.75) is 13.3 Å². The third-order valence-electron chi connectivity index (χ3n) is 2.09. The van der Waals surface area contributed by atoms with Crippen molar-refractivity contribution < 1.29 is 14.3 Å². The number of carbonyl (C=O) groups is 1. The minimum atomic E-state index is -0.426. The van der Waals surface area contributed by atoms with E-state index in [0.717, 1.165) is 13.0 Å². The van der Waals surface area contributed by atoms with E-state index in [1.807, 2.05) is 6.92 Å². The average molecular weight is 224 g/mol. The van der Waals surface area contributed by atoms with E-state index in [4.69, 9.17) is 4.74 Å². The van der Waals surface area contributed by atoms with Crippen molar-refractivity contribution in [2.24, 2.45) is 0 Å². The first-order valence-electron chi connectivity index (χ1n) is 5.08. The zero-order chi connectivity index (χ0) is 12.0. The Bertz CT molecular complexity index is 366. The summed E-state index contributed by atoms with van der Waals surface area (Å²) in [6.07, 6.45) is 3.98. The maximum Gasteiger partial charge on any atom is 0.341 e. The summed E-state index contributed by atoms with van der Waals surface area (Å²) < 4.78 is 9.83. The van der Waals surface area contributed by atoms with Gasteiger partial charge in [-0.3, -0.25) is 4.98 Å². The van der Waals surface area contributed by atoms with E-state index in [9.17, 15) is 4.79 Å². The van der Waals surface area contributed by atoms with E-state index in [1.165, 1.54) is 20.4 Å². The van der Waals surface area contributed by atoms with Crippen LogP contribution in [0, 0.1) is 0 Å². The van der Waals surface area contributed by atoms with E-state index < -0.39 is 5.97 Å². The molecule has 0 bridgehead atoms. The molecule has 16 heavy (non-hydrogen) atoms. The Kier molecular flexibility index (Phi) is 4.57. The van der Waals surface area contributed by atoms with E-state index in [0.29, 0.717) is 17.0 Å². The number of anilines is 1. The summed E-state index contributed by atoms with van der Waals surface area (Å²) in [4.78, 5) is 15.4. The van der Waals surface area contributed by atoms with Crippen molar-refractivity contribution in [3.05, 3.63) is 18.0 Å². The fourth-order valence-electron chi connectivity index (χ4n) is 1.29. The van der Waals surface area contributed by atoms with Gasteiger partial charge in [-0.1, -0.05) is 6.92 Å². The van der Waals surface area contributed by atoms with E-state index >= 15 is 0 Å². The van der Waals surface area contributed by atoms with Crippen LogP contribution in [0.2, 0.25) is 0 Å². The lowest BCUT2D eigenvalue weighted by molar-refractivity contribution is 0.0601. The molecular formula is C11H16N2O3. The highest BCUT2D eigenvalue weighted by Gasteiger charge is 2.16. The maximum absolute atomic E-state index is 11.5. The molecule has 88 valence electrons. The van der Waals surface area contributed by atoms with Crippen molar-refractivity contribution in [1.82, 2.24) is 4.98 Å². The summed E-state index contributed by atoms with van der Waals surface area (Å²) >= 11 is 0. The molecule has 0 unspecified atom stereocenters. The molecule has 1 heterocycles. The van der Waals surface area contributed by atoms with Gasteiger partial charge in [-0.2, -0.15) is 0 Å². The van der Waals surface area contributed by atoms with Crippen molar-refractivity contribution in [1.29, 1.82) is 0 Å². The molecule has 0 spiro atoms. The van der Waals surface area contributed by atoms with Crippen LogP contribution in [0.15, 0.2) is 12.4 Å². The van der Waals surface area contributed by atoms with Crippen LogP contribution < -0.4 is 10.1 Å². The third kappa shape index (κ3) is 2.62. The van der Waals surface area contributed by atoms with Crippen LogP contribution >= 0.6 is 0 Å². The average Bonchev–Trinajstić information content (AvgIpc) is 2.34. The molecule has 0 fully saturated rings. The number of hydrogen-bond donors (Lipinski definition) is 1. The van der Waals surface area contributed by atoms with Gasteiger partial charge >= 0.3 is 5.97 Å². The number of aromatic nitrogens is 1. The Morgan fingerprint density at radius 3 is 2.75 bits per heavy atom. The summed E-state index contributed by atoms with van der Waals surface area (Å²) in [5, 5.41) is 3.13. The van der Waals surface area contributed by atoms with Gasteiger partial charge in [-0.25, -0.2) is 4.79 Å². The monoisotopic (exact) mass is 224 g/mol. The molecule has 1 aromatic rings. The smallest absolute Gasteiger partial charge is 0.341 e. The first-order valence-corrected chi connectivity index (χ1v) is 5.08. The number of nitrogens with zero attached hydrogens (tertiary/aromatic N) is 1. The number of pyridine rings is 1. The number of methoxy groups -OCH3 is 2. The lowest BCUT2D eigenvalue weighted by Gasteiger charge is -2.13. The predicted molar refractivity (Wildman–Crippen MR) is 60.9 cm³/mol. The SMILES string of the molecule is CCCNc1c(OC)cncc1C(=O)OC. The number of carbonyl (C=O) groups excluding carboxylic acids is 1. The first kappa shape index (κ1) is 12.3. The lowest BCUT2D eigenvalue weighted by Crippen LogP contribution is -2.10. The third-order valence-corrected chi connectivity index (χ3v) is 2.09. The summed E-state index contributed by atoms with van der Waals surface area (Å²) in [5.74, 6) is 0.112. The Morgan fingerprint density at radius 2 is 2.19 bits per heavy atom. The standard InChI is InChI=1S/C11H16N2O3/c1-4-5-13-10-8(11(14)16-3)6-12-7-9(10)15-2/h6-7H,4-5H2,1-3H3,(H,12,13). The van der Waals surface area contributed by atoms with Gasteiger partial charge in [0.25, 0.3) is 0 Å². The van der Waals surface area contributed by atoms with Gasteiger partial charge in [-0.15, -0.1) is 0 Å². The Labute approximate surface area is 94.8 Å². The Hall–Kier alpha value is -1.78. The molecule has 0 atom stereocenters. The molecule has 0 aromatic carbocycles. The van der Waals surface area contributed by atoms with Gasteiger partial charge in [0.2, 0.25) is 0 Å². The second kappa shape index (κ2) is 5.95. The summed E-state index contributed by atoms with van der Waals surface area (Å²) in [5.41, 5.74) is 1.02. The van der Waals surface area contributed by atoms with E-state index in [1.54, 1.807) is 6.20 Å².